The highest BCUT2D eigenvalue weighted by Crippen LogP contribution is 2.26. The van der Waals surface area contributed by atoms with Crippen molar-refractivity contribution in [1.29, 1.82) is 0 Å². The van der Waals surface area contributed by atoms with Crippen LogP contribution in [0.1, 0.15) is 18.1 Å². The first-order chi connectivity index (χ1) is 6.50. The van der Waals surface area contributed by atoms with Crippen LogP contribution in [0.3, 0.4) is 0 Å². The van der Waals surface area contributed by atoms with E-state index >= 15 is 0 Å². The van der Waals surface area contributed by atoms with Gasteiger partial charge in [-0.05, 0) is 44.0 Å². The third kappa shape index (κ3) is 2.89. The minimum Gasteiger partial charge on any atom is -0.491 e. The highest BCUT2D eigenvalue weighted by atomic mass is 35.5. The summed E-state index contributed by atoms with van der Waals surface area (Å²) in [5, 5.41) is 0.744. The molecule has 0 heterocycles. The van der Waals surface area contributed by atoms with Crippen LogP contribution >= 0.6 is 11.6 Å². The second kappa shape index (κ2) is 4.67. The van der Waals surface area contributed by atoms with E-state index in [9.17, 15) is 0 Å². The van der Waals surface area contributed by atoms with Gasteiger partial charge in [0.2, 0.25) is 0 Å². The normalized spacial score (nSPS) is 12.6. The standard InChI is InChI=1S/C11H16ClNO/c1-7-4-10(12)5-8(2)11(7)14-6-9(3)13/h4-5,9H,6,13H2,1-3H3. The Morgan fingerprint density at radius 2 is 1.86 bits per heavy atom. The van der Waals surface area contributed by atoms with Crippen molar-refractivity contribution in [2.45, 2.75) is 26.8 Å². The number of hydrogen-bond acceptors (Lipinski definition) is 2. The van der Waals surface area contributed by atoms with Crippen LogP contribution in [0.15, 0.2) is 12.1 Å². The molecule has 0 radical (unpaired) electrons. The topological polar surface area (TPSA) is 35.2 Å². The maximum Gasteiger partial charge on any atom is 0.125 e. The Morgan fingerprint density at radius 1 is 1.36 bits per heavy atom. The van der Waals surface area contributed by atoms with Gasteiger partial charge < -0.3 is 10.5 Å². The molecule has 2 nitrogen and oxygen atoms in total. The van der Waals surface area contributed by atoms with Crippen LogP contribution in [0.4, 0.5) is 0 Å². The highest BCUT2D eigenvalue weighted by molar-refractivity contribution is 6.30. The molecule has 14 heavy (non-hydrogen) atoms. The van der Waals surface area contributed by atoms with Gasteiger partial charge in [0.1, 0.15) is 12.4 Å². The number of halogens is 1. The smallest absolute Gasteiger partial charge is 0.125 e. The lowest BCUT2D eigenvalue weighted by Crippen LogP contribution is -2.24. The summed E-state index contributed by atoms with van der Waals surface area (Å²) in [6.07, 6.45) is 0. The van der Waals surface area contributed by atoms with Crippen LogP contribution in [0.5, 0.6) is 5.75 Å². The summed E-state index contributed by atoms with van der Waals surface area (Å²) in [7, 11) is 0. The lowest BCUT2D eigenvalue weighted by Gasteiger charge is -2.14. The fourth-order valence-electron chi connectivity index (χ4n) is 1.34. The summed E-state index contributed by atoms with van der Waals surface area (Å²) < 4.78 is 5.60. The zero-order chi connectivity index (χ0) is 10.7. The number of rotatable bonds is 3. The molecule has 1 aromatic rings. The maximum atomic E-state index is 5.90. The van der Waals surface area contributed by atoms with E-state index < -0.39 is 0 Å². The van der Waals surface area contributed by atoms with Crippen molar-refractivity contribution in [3.8, 4) is 5.75 Å². The summed E-state index contributed by atoms with van der Waals surface area (Å²) in [5.74, 6) is 0.895. The Morgan fingerprint density at radius 3 is 2.29 bits per heavy atom. The molecule has 0 aliphatic carbocycles. The van der Waals surface area contributed by atoms with Crippen LogP contribution in [-0.2, 0) is 0 Å². The molecule has 78 valence electrons. The molecule has 0 spiro atoms. The monoisotopic (exact) mass is 213 g/mol. The Balaban J connectivity index is 2.86. The summed E-state index contributed by atoms with van der Waals surface area (Å²) in [6, 6.07) is 3.83. The molecule has 0 bridgehead atoms. The van der Waals surface area contributed by atoms with Crippen molar-refractivity contribution in [2.75, 3.05) is 6.61 Å². The van der Waals surface area contributed by atoms with Crippen LogP contribution in [0, 0.1) is 13.8 Å². The van der Waals surface area contributed by atoms with Gasteiger partial charge in [0, 0.05) is 11.1 Å². The average molecular weight is 214 g/mol. The third-order valence-electron chi connectivity index (χ3n) is 1.92. The zero-order valence-corrected chi connectivity index (χ0v) is 9.56. The SMILES string of the molecule is Cc1cc(Cl)cc(C)c1OCC(C)N. The lowest BCUT2D eigenvalue weighted by atomic mass is 10.1. The number of aryl methyl sites for hydroxylation is 2. The zero-order valence-electron chi connectivity index (χ0n) is 8.80. The average Bonchev–Trinajstić information content (AvgIpc) is 2.01. The molecule has 0 saturated carbocycles. The molecule has 1 unspecified atom stereocenters. The molecule has 0 aliphatic heterocycles. The Bertz CT molecular complexity index is 300. The molecule has 0 aromatic heterocycles. The lowest BCUT2D eigenvalue weighted by molar-refractivity contribution is 0.292. The fourth-order valence-corrected chi connectivity index (χ4v) is 1.67. The molecular weight excluding hydrogens is 198 g/mol. The van der Waals surface area contributed by atoms with Crippen molar-refractivity contribution < 1.29 is 4.74 Å². The van der Waals surface area contributed by atoms with Crippen molar-refractivity contribution in [3.05, 3.63) is 28.3 Å². The fraction of sp³-hybridized carbons (Fsp3) is 0.455. The quantitative estimate of drug-likeness (QED) is 0.838. The van der Waals surface area contributed by atoms with Crippen molar-refractivity contribution >= 4 is 11.6 Å². The van der Waals surface area contributed by atoms with Gasteiger partial charge in [0.05, 0.1) is 0 Å². The molecule has 0 saturated heterocycles. The van der Waals surface area contributed by atoms with Crippen molar-refractivity contribution in [1.82, 2.24) is 0 Å². The molecule has 0 fully saturated rings. The molecule has 2 N–H and O–H groups in total. The first kappa shape index (κ1) is 11.3. The second-order valence-corrected chi connectivity index (χ2v) is 4.09. The van der Waals surface area contributed by atoms with Gasteiger partial charge in [0.25, 0.3) is 0 Å². The summed E-state index contributed by atoms with van der Waals surface area (Å²) in [4.78, 5) is 0. The maximum absolute atomic E-state index is 5.90. The van der Waals surface area contributed by atoms with Gasteiger partial charge in [-0.25, -0.2) is 0 Å². The molecule has 1 rings (SSSR count). The van der Waals surface area contributed by atoms with Crippen LogP contribution < -0.4 is 10.5 Å². The minimum absolute atomic E-state index is 0.0458. The van der Waals surface area contributed by atoms with E-state index in [-0.39, 0.29) is 6.04 Å². The molecule has 1 aromatic carbocycles. The van der Waals surface area contributed by atoms with Gasteiger partial charge in [-0.2, -0.15) is 0 Å². The van der Waals surface area contributed by atoms with Crippen molar-refractivity contribution in [2.24, 2.45) is 5.73 Å². The van der Waals surface area contributed by atoms with Crippen LogP contribution in [-0.4, -0.2) is 12.6 Å². The van der Waals surface area contributed by atoms with Gasteiger partial charge in [-0.3, -0.25) is 0 Å². The molecule has 1 atom stereocenters. The first-order valence-corrected chi connectivity index (χ1v) is 5.03. The first-order valence-electron chi connectivity index (χ1n) is 4.66. The van der Waals surface area contributed by atoms with Gasteiger partial charge in [0.15, 0.2) is 0 Å². The molecule has 3 heteroatoms. The Hall–Kier alpha value is -0.730. The largest absolute Gasteiger partial charge is 0.491 e. The van der Waals surface area contributed by atoms with Crippen LogP contribution in [0.2, 0.25) is 5.02 Å². The van der Waals surface area contributed by atoms with Gasteiger partial charge in [-0.1, -0.05) is 11.6 Å². The van der Waals surface area contributed by atoms with E-state index in [1.54, 1.807) is 0 Å². The summed E-state index contributed by atoms with van der Waals surface area (Å²) >= 11 is 5.90. The van der Waals surface area contributed by atoms with E-state index in [1.165, 1.54) is 0 Å². The molecule has 0 aliphatic rings. The number of hydrogen-bond donors (Lipinski definition) is 1. The number of benzene rings is 1. The van der Waals surface area contributed by atoms with Gasteiger partial charge in [-0.15, -0.1) is 0 Å². The number of ether oxygens (including phenoxy) is 1. The Kier molecular flexibility index (Phi) is 3.78. The predicted molar refractivity (Wildman–Crippen MR) is 60.1 cm³/mol. The van der Waals surface area contributed by atoms with E-state index in [4.69, 9.17) is 22.1 Å². The van der Waals surface area contributed by atoms with E-state index in [0.717, 1.165) is 21.9 Å². The Labute approximate surface area is 90.0 Å². The highest BCUT2D eigenvalue weighted by Gasteiger charge is 2.06. The van der Waals surface area contributed by atoms with Crippen molar-refractivity contribution in [3.63, 3.8) is 0 Å². The predicted octanol–water partition coefficient (Wildman–Crippen LogP) is 2.68. The molecular formula is C11H16ClNO. The van der Waals surface area contributed by atoms with Gasteiger partial charge >= 0.3 is 0 Å². The number of nitrogens with two attached hydrogens (primary N) is 1. The van der Waals surface area contributed by atoms with E-state index in [1.807, 2.05) is 32.9 Å². The summed E-state index contributed by atoms with van der Waals surface area (Å²) in [6.45, 7) is 6.41. The second-order valence-electron chi connectivity index (χ2n) is 3.66. The molecule has 0 amide bonds. The third-order valence-corrected chi connectivity index (χ3v) is 2.13. The van der Waals surface area contributed by atoms with E-state index in [0.29, 0.717) is 6.61 Å². The van der Waals surface area contributed by atoms with E-state index in [2.05, 4.69) is 0 Å². The van der Waals surface area contributed by atoms with Crippen LogP contribution in [0.25, 0.3) is 0 Å². The summed E-state index contributed by atoms with van der Waals surface area (Å²) in [5.41, 5.74) is 7.72. The minimum atomic E-state index is 0.0458.